The third-order valence-corrected chi connectivity index (χ3v) is 3.96. The number of alkyl halides is 3. The van der Waals surface area contributed by atoms with E-state index in [2.05, 4.69) is 9.97 Å². The first kappa shape index (κ1) is 17.6. The molecule has 0 bridgehead atoms. The third kappa shape index (κ3) is 4.88. The van der Waals surface area contributed by atoms with Crippen LogP contribution in [0.5, 0.6) is 0 Å². The van der Waals surface area contributed by atoms with Gasteiger partial charge in [-0.3, -0.25) is 0 Å². The first-order chi connectivity index (χ1) is 11.9. The summed E-state index contributed by atoms with van der Waals surface area (Å²) in [5.74, 6) is 0.0622. The van der Waals surface area contributed by atoms with E-state index in [4.69, 9.17) is 4.74 Å². The number of rotatable bonds is 4. The van der Waals surface area contributed by atoms with Crippen LogP contribution in [0.3, 0.4) is 0 Å². The van der Waals surface area contributed by atoms with E-state index in [1.807, 2.05) is 4.90 Å². The molecule has 4 nitrogen and oxygen atoms in total. The molecule has 2 heterocycles. The van der Waals surface area contributed by atoms with Crippen molar-refractivity contribution in [2.75, 3.05) is 24.6 Å². The van der Waals surface area contributed by atoms with Crippen LogP contribution in [0.4, 0.5) is 23.5 Å². The Morgan fingerprint density at radius 2 is 1.92 bits per heavy atom. The molecule has 2 aromatic rings. The smallest absolute Gasteiger partial charge is 0.370 e. The summed E-state index contributed by atoms with van der Waals surface area (Å²) in [6, 6.07) is 7.54. The van der Waals surface area contributed by atoms with Gasteiger partial charge in [-0.05, 0) is 30.2 Å². The average Bonchev–Trinajstić information content (AvgIpc) is 2.60. The Morgan fingerprint density at radius 3 is 2.64 bits per heavy atom. The fraction of sp³-hybridized carbons (Fsp3) is 0.412. The van der Waals surface area contributed by atoms with Gasteiger partial charge in [-0.15, -0.1) is 0 Å². The molecule has 1 atom stereocenters. The van der Waals surface area contributed by atoms with Crippen molar-refractivity contribution in [2.45, 2.75) is 25.1 Å². The Balaban J connectivity index is 1.69. The van der Waals surface area contributed by atoms with Crippen LogP contribution in [0, 0.1) is 5.82 Å². The van der Waals surface area contributed by atoms with Crippen LogP contribution < -0.4 is 4.90 Å². The lowest BCUT2D eigenvalue weighted by atomic mass is 10.1. The molecular weight excluding hydrogens is 338 g/mol. The van der Waals surface area contributed by atoms with E-state index in [-0.39, 0.29) is 18.3 Å². The molecule has 1 aliphatic heterocycles. The number of ether oxygens (including phenoxy) is 1. The fourth-order valence-corrected chi connectivity index (χ4v) is 2.66. The van der Waals surface area contributed by atoms with Crippen molar-refractivity contribution < 1.29 is 22.3 Å². The second kappa shape index (κ2) is 7.35. The van der Waals surface area contributed by atoms with E-state index in [0.717, 1.165) is 5.56 Å². The quantitative estimate of drug-likeness (QED) is 0.784. The van der Waals surface area contributed by atoms with Crippen molar-refractivity contribution >= 4 is 5.95 Å². The van der Waals surface area contributed by atoms with Gasteiger partial charge >= 0.3 is 6.18 Å². The topological polar surface area (TPSA) is 38.2 Å². The van der Waals surface area contributed by atoms with Crippen LogP contribution in [-0.2, 0) is 11.2 Å². The number of benzene rings is 1. The highest BCUT2D eigenvalue weighted by Gasteiger charge is 2.27. The van der Waals surface area contributed by atoms with Gasteiger partial charge in [0.15, 0.2) is 0 Å². The number of aryl methyl sites for hydroxylation is 1. The summed E-state index contributed by atoms with van der Waals surface area (Å²) in [6.07, 6.45) is -4.10. The molecular formula is C17H17F4N3O. The lowest BCUT2D eigenvalue weighted by Crippen LogP contribution is -2.39. The average molecular weight is 355 g/mol. The van der Waals surface area contributed by atoms with Crippen molar-refractivity contribution in [1.82, 2.24) is 9.97 Å². The van der Waals surface area contributed by atoms with E-state index in [9.17, 15) is 17.6 Å². The molecule has 0 unspecified atom stereocenters. The highest BCUT2D eigenvalue weighted by molar-refractivity contribution is 5.33. The molecule has 0 aliphatic carbocycles. The Kier molecular flexibility index (Phi) is 5.17. The maximum absolute atomic E-state index is 13.0. The number of nitrogens with zero attached hydrogens (tertiary/aromatic N) is 3. The van der Waals surface area contributed by atoms with Gasteiger partial charge in [0.05, 0.1) is 13.2 Å². The van der Waals surface area contributed by atoms with Crippen LogP contribution in [0.2, 0.25) is 0 Å². The van der Waals surface area contributed by atoms with Crippen LogP contribution >= 0.6 is 0 Å². The van der Waals surface area contributed by atoms with E-state index < -0.39 is 12.6 Å². The minimum Gasteiger partial charge on any atom is -0.370 e. The van der Waals surface area contributed by atoms with E-state index >= 15 is 0 Å². The molecule has 1 fully saturated rings. The largest absolute Gasteiger partial charge is 0.389 e. The van der Waals surface area contributed by atoms with Gasteiger partial charge in [0.2, 0.25) is 5.95 Å². The monoisotopic (exact) mass is 355 g/mol. The van der Waals surface area contributed by atoms with Gasteiger partial charge in [-0.2, -0.15) is 13.2 Å². The van der Waals surface area contributed by atoms with Gasteiger partial charge in [0.25, 0.3) is 0 Å². The molecule has 1 aliphatic rings. The zero-order valence-electron chi connectivity index (χ0n) is 13.3. The first-order valence-electron chi connectivity index (χ1n) is 7.91. The zero-order valence-corrected chi connectivity index (χ0v) is 13.3. The van der Waals surface area contributed by atoms with Crippen molar-refractivity contribution in [1.29, 1.82) is 0 Å². The minimum absolute atomic E-state index is 0.176. The van der Waals surface area contributed by atoms with E-state index in [0.29, 0.717) is 31.3 Å². The van der Waals surface area contributed by atoms with Crippen LogP contribution in [0.15, 0.2) is 36.5 Å². The van der Waals surface area contributed by atoms with Gasteiger partial charge < -0.3 is 9.64 Å². The Labute approximate surface area is 142 Å². The molecule has 25 heavy (non-hydrogen) atoms. The Hall–Kier alpha value is -2.22. The number of halogens is 4. The molecule has 1 saturated heterocycles. The molecule has 0 saturated carbocycles. The number of anilines is 1. The predicted molar refractivity (Wildman–Crippen MR) is 83.7 cm³/mol. The summed E-state index contributed by atoms with van der Waals surface area (Å²) in [5.41, 5.74) is 1.19. The molecule has 0 radical (unpaired) electrons. The maximum atomic E-state index is 13.0. The summed E-state index contributed by atoms with van der Waals surface area (Å²) in [5, 5.41) is 0. The standard InChI is InChI=1S/C17H17F4N3O/c18-13-3-1-12(2-4-13)15-11-24(9-10-25-15)16-22-8-6-14(23-16)5-7-17(19,20)21/h1-4,6,8,15H,5,7,9-11H2/t15-/m1/s1. The molecule has 0 spiro atoms. The van der Waals surface area contributed by atoms with Crippen molar-refractivity contribution in [3.8, 4) is 0 Å². The van der Waals surface area contributed by atoms with Gasteiger partial charge in [-0.25, -0.2) is 14.4 Å². The van der Waals surface area contributed by atoms with Crippen LogP contribution in [0.25, 0.3) is 0 Å². The van der Waals surface area contributed by atoms with E-state index in [1.165, 1.54) is 24.4 Å². The highest BCUT2D eigenvalue weighted by atomic mass is 19.4. The molecule has 8 heteroatoms. The van der Waals surface area contributed by atoms with Crippen LogP contribution in [0.1, 0.15) is 23.8 Å². The summed E-state index contributed by atoms with van der Waals surface area (Å²) in [7, 11) is 0. The lowest BCUT2D eigenvalue weighted by Gasteiger charge is -2.33. The van der Waals surface area contributed by atoms with Gasteiger partial charge in [0, 0.05) is 24.9 Å². The van der Waals surface area contributed by atoms with Crippen molar-refractivity contribution in [2.24, 2.45) is 0 Å². The van der Waals surface area contributed by atoms with E-state index in [1.54, 1.807) is 12.1 Å². The number of morpholine rings is 1. The molecule has 0 amide bonds. The third-order valence-electron chi connectivity index (χ3n) is 3.96. The summed E-state index contributed by atoms with van der Waals surface area (Å²) >= 11 is 0. The normalized spacial score (nSPS) is 18.4. The maximum Gasteiger partial charge on any atom is 0.389 e. The minimum atomic E-state index is -4.21. The first-order valence-corrected chi connectivity index (χ1v) is 7.91. The molecule has 1 aromatic carbocycles. The number of aromatic nitrogens is 2. The Morgan fingerprint density at radius 1 is 1.16 bits per heavy atom. The lowest BCUT2D eigenvalue weighted by molar-refractivity contribution is -0.134. The summed E-state index contributed by atoms with van der Waals surface area (Å²) in [4.78, 5) is 10.3. The second-order valence-corrected chi connectivity index (χ2v) is 5.82. The number of hydrogen-bond acceptors (Lipinski definition) is 4. The molecule has 0 N–H and O–H groups in total. The summed E-state index contributed by atoms with van der Waals surface area (Å²) in [6.45, 7) is 1.42. The van der Waals surface area contributed by atoms with Gasteiger partial charge in [-0.1, -0.05) is 12.1 Å². The van der Waals surface area contributed by atoms with Crippen molar-refractivity contribution in [3.05, 3.63) is 53.6 Å². The highest BCUT2D eigenvalue weighted by Crippen LogP contribution is 2.25. The summed E-state index contributed by atoms with van der Waals surface area (Å²) < 4.78 is 55.9. The molecule has 1 aromatic heterocycles. The number of hydrogen-bond donors (Lipinski definition) is 0. The molecule has 134 valence electrons. The Bertz CT molecular complexity index is 706. The van der Waals surface area contributed by atoms with Crippen molar-refractivity contribution in [3.63, 3.8) is 0 Å². The van der Waals surface area contributed by atoms with Crippen LogP contribution in [-0.4, -0.2) is 35.8 Å². The predicted octanol–water partition coefficient (Wildman–Crippen LogP) is 3.69. The SMILES string of the molecule is Fc1ccc([C@H]2CN(c3nccc(CCC(F)(F)F)n3)CCO2)cc1. The fourth-order valence-electron chi connectivity index (χ4n) is 2.66. The second-order valence-electron chi connectivity index (χ2n) is 5.82. The zero-order chi connectivity index (χ0) is 17.9. The molecule has 3 rings (SSSR count). The van der Waals surface area contributed by atoms with Gasteiger partial charge in [0.1, 0.15) is 11.9 Å².